The Balaban J connectivity index is 1.43. The zero-order valence-electron chi connectivity index (χ0n) is 14.9. The van der Waals surface area contributed by atoms with Crippen LogP contribution in [-0.4, -0.2) is 27.0 Å². The van der Waals surface area contributed by atoms with E-state index in [4.69, 9.17) is 9.84 Å². The second-order valence-electron chi connectivity index (χ2n) is 5.97. The van der Waals surface area contributed by atoms with E-state index < -0.39 is 11.9 Å². The molecule has 0 bridgehead atoms. The van der Waals surface area contributed by atoms with Gasteiger partial charge in [0.25, 0.3) is 0 Å². The van der Waals surface area contributed by atoms with E-state index in [9.17, 15) is 9.59 Å². The number of rotatable bonds is 6. The highest BCUT2D eigenvalue weighted by molar-refractivity contribution is 7.23. The Morgan fingerprint density at radius 3 is 2.28 bits per heavy atom. The summed E-state index contributed by atoms with van der Waals surface area (Å²) in [6.45, 7) is 0.122. The average molecular weight is 422 g/mol. The molecular weight excluding hydrogens is 408 g/mol. The fraction of sp³-hybridized carbons (Fsp3) is 0.0476. The Morgan fingerprint density at radius 1 is 0.862 bits per heavy atom. The second kappa shape index (κ2) is 8.34. The van der Waals surface area contributed by atoms with Crippen LogP contribution >= 0.6 is 22.7 Å². The van der Waals surface area contributed by atoms with Crippen LogP contribution in [0.3, 0.4) is 0 Å². The van der Waals surface area contributed by atoms with Crippen molar-refractivity contribution in [1.29, 1.82) is 0 Å². The van der Waals surface area contributed by atoms with Crippen molar-refractivity contribution < 1.29 is 19.4 Å². The van der Waals surface area contributed by atoms with Crippen LogP contribution in [0.4, 0.5) is 0 Å². The largest absolute Gasteiger partial charge is 0.477 e. The predicted molar refractivity (Wildman–Crippen MR) is 111 cm³/mol. The minimum atomic E-state index is -0.958. The topological polar surface area (TPSA) is 89.4 Å². The van der Waals surface area contributed by atoms with E-state index in [0.717, 1.165) is 21.0 Å². The molecule has 1 N–H and O–H groups in total. The summed E-state index contributed by atoms with van der Waals surface area (Å²) in [4.78, 5) is 34.4. The van der Waals surface area contributed by atoms with Crippen LogP contribution in [-0.2, 0) is 11.3 Å². The number of esters is 1. The number of thiophene rings is 2. The summed E-state index contributed by atoms with van der Waals surface area (Å²) in [5.41, 5.74) is 2.28. The molecule has 0 aliphatic rings. The third kappa shape index (κ3) is 4.39. The van der Waals surface area contributed by atoms with Crippen molar-refractivity contribution in [3.63, 3.8) is 0 Å². The molecule has 0 aliphatic heterocycles. The van der Waals surface area contributed by atoms with Crippen LogP contribution in [0.2, 0.25) is 0 Å². The molecule has 0 aromatic carbocycles. The molecule has 0 fully saturated rings. The van der Waals surface area contributed by atoms with Gasteiger partial charge in [-0.2, -0.15) is 0 Å². The lowest BCUT2D eigenvalue weighted by molar-refractivity contribution is 0.0478. The molecule has 0 spiro atoms. The minimum absolute atomic E-state index is 0.122. The van der Waals surface area contributed by atoms with Gasteiger partial charge in [0, 0.05) is 22.1 Å². The van der Waals surface area contributed by atoms with Crippen LogP contribution in [0, 0.1) is 0 Å². The molecule has 4 heterocycles. The van der Waals surface area contributed by atoms with Gasteiger partial charge >= 0.3 is 11.9 Å². The van der Waals surface area contributed by atoms with Gasteiger partial charge < -0.3 is 9.84 Å². The van der Waals surface area contributed by atoms with E-state index in [2.05, 4.69) is 9.97 Å². The molecular formula is C21H14N2O4S2. The van der Waals surface area contributed by atoms with Gasteiger partial charge in [-0.1, -0.05) is 6.07 Å². The summed E-state index contributed by atoms with van der Waals surface area (Å²) in [5, 5.41) is 9.04. The Labute approximate surface area is 174 Å². The van der Waals surface area contributed by atoms with Crippen molar-refractivity contribution in [2.45, 2.75) is 6.61 Å². The zero-order chi connectivity index (χ0) is 20.2. The average Bonchev–Trinajstić information content (AvgIpc) is 3.42. The monoisotopic (exact) mass is 422 g/mol. The van der Waals surface area contributed by atoms with Gasteiger partial charge in [-0.15, -0.1) is 22.7 Å². The van der Waals surface area contributed by atoms with Crippen LogP contribution in [0.15, 0.2) is 67.0 Å². The van der Waals surface area contributed by atoms with Gasteiger partial charge in [0.05, 0.1) is 11.4 Å². The van der Waals surface area contributed by atoms with Crippen molar-refractivity contribution in [2.24, 2.45) is 0 Å². The number of carboxylic acids is 1. The van der Waals surface area contributed by atoms with Crippen LogP contribution < -0.4 is 0 Å². The standard InChI is InChI=1S/C21H14N2O4S2/c24-20(25)18-6-4-16(28-18)17-5-7-19(29-17)21(26)27-12-13-8-10-23-15(11-13)14-3-1-2-9-22-14/h1-11H,12H2,(H,24,25). The maximum absolute atomic E-state index is 12.4. The molecule has 8 heteroatoms. The first-order valence-corrected chi connectivity index (χ1v) is 10.2. The van der Waals surface area contributed by atoms with E-state index in [1.54, 1.807) is 42.7 Å². The Hall–Kier alpha value is -3.36. The van der Waals surface area contributed by atoms with Crippen molar-refractivity contribution in [3.8, 4) is 21.1 Å². The second-order valence-corrected chi connectivity index (χ2v) is 8.14. The molecule has 0 saturated heterocycles. The van der Waals surface area contributed by atoms with Gasteiger partial charge in [-0.3, -0.25) is 9.97 Å². The number of carbonyl (C=O) groups is 2. The molecule has 29 heavy (non-hydrogen) atoms. The number of ether oxygens (including phenoxy) is 1. The molecule has 4 aromatic heterocycles. The van der Waals surface area contributed by atoms with E-state index in [0.29, 0.717) is 10.6 Å². The zero-order valence-corrected chi connectivity index (χ0v) is 16.6. The molecule has 0 saturated carbocycles. The number of aromatic carboxylic acids is 1. The summed E-state index contributed by atoms with van der Waals surface area (Å²) in [6, 6.07) is 16.0. The molecule has 0 atom stereocenters. The van der Waals surface area contributed by atoms with Crippen molar-refractivity contribution in [1.82, 2.24) is 9.97 Å². The number of pyridine rings is 2. The van der Waals surface area contributed by atoms with E-state index in [1.807, 2.05) is 24.3 Å². The fourth-order valence-electron chi connectivity index (χ4n) is 2.60. The SMILES string of the molecule is O=C(O)c1ccc(-c2ccc(C(=O)OCc3ccnc(-c4ccccn4)c3)s2)s1. The maximum Gasteiger partial charge on any atom is 0.348 e. The quantitative estimate of drug-likeness (QED) is 0.440. The fourth-order valence-corrected chi connectivity index (χ4v) is 4.44. The Bertz CT molecular complexity index is 1170. The molecule has 0 amide bonds. The van der Waals surface area contributed by atoms with Crippen molar-refractivity contribution in [2.75, 3.05) is 0 Å². The van der Waals surface area contributed by atoms with Gasteiger partial charge in [-0.25, -0.2) is 9.59 Å². The van der Waals surface area contributed by atoms with Crippen molar-refractivity contribution >= 4 is 34.6 Å². The summed E-state index contributed by atoms with van der Waals surface area (Å²) in [7, 11) is 0. The lowest BCUT2D eigenvalue weighted by Gasteiger charge is -2.05. The lowest BCUT2D eigenvalue weighted by Crippen LogP contribution is -2.03. The van der Waals surface area contributed by atoms with Gasteiger partial charge in [0.2, 0.25) is 0 Å². The first-order chi connectivity index (χ1) is 14.1. The number of carbonyl (C=O) groups excluding carboxylic acids is 1. The molecule has 4 rings (SSSR count). The highest BCUT2D eigenvalue weighted by atomic mass is 32.1. The van der Waals surface area contributed by atoms with Crippen LogP contribution in [0.25, 0.3) is 21.1 Å². The molecule has 6 nitrogen and oxygen atoms in total. The van der Waals surface area contributed by atoms with Gasteiger partial charge in [0.15, 0.2) is 0 Å². The van der Waals surface area contributed by atoms with E-state index >= 15 is 0 Å². The summed E-state index contributed by atoms with van der Waals surface area (Å²) in [5.74, 6) is -1.38. The Kier molecular flexibility index (Phi) is 5.46. The van der Waals surface area contributed by atoms with Gasteiger partial charge in [0.1, 0.15) is 16.4 Å². The summed E-state index contributed by atoms with van der Waals surface area (Å²) in [6.07, 6.45) is 3.36. The third-order valence-corrected chi connectivity index (χ3v) is 6.32. The Morgan fingerprint density at radius 2 is 1.59 bits per heavy atom. The highest BCUT2D eigenvalue weighted by Crippen LogP contribution is 2.34. The first kappa shape index (κ1) is 19.0. The highest BCUT2D eigenvalue weighted by Gasteiger charge is 2.15. The molecule has 0 unspecified atom stereocenters. The van der Waals surface area contributed by atoms with E-state index in [1.165, 1.54) is 22.7 Å². The number of nitrogens with zero attached hydrogens (tertiary/aromatic N) is 2. The minimum Gasteiger partial charge on any atom is -0.477 e. The van der Waals surface area contributed by atoms with Gasteiger partial charge in [-0.05, 0) is 54.1 Å². The molecule has 0 radical (unpaired) electrons. The van der Waals surface area contributed by atoms with Crippen molar-refractivity contribution in [3.05, 3.63) is 82.3 Å². The third-order valence-electron chi connectivity index (χ3n) is 3.99. The molecule has 4 aromatic rings. The smallest absolute Gasteiger partial charge is 0.348 e. The molecule has 0 aliphatic carbocycles. The van der Waals surface area contributed by atoms with E-state index in [-0.39, 0.29) is 11.5 Å². The molecule has 144 valence electrons. The summed E-state index contributed by atoms with van der Waals surface area (Å²) >= 11 is 2.45. The number of hydrogen-bond donors (Lipinski definition) is 1. The predicted octanol–water partition coefficient (Wildman–Crippen LogP) is 4.99. The normalized spacial score (nSPS) is 10.6. The maximum atomic E-state index is 12.4. The van der Waals surface area contributed by atoms with Crippen LogP contribution in [0.1, 0.15) is 24.9 Å². The summed E-state index contributed by atoms with van der Waals surface area (Å²) < 4.78 is 5.43. The number of hydrogen-bond acceptors (Lipinski definition) is 7. The number of carboxylic acid groups (broad SMARTS) is 1. The first-order valence-electron chi connectivity index (χ1n) is 8.57. The lowest BCUT2D eigenvalue weighted by atomic mass is 10.2. The van der Waals surface area contributed by atoms with Crippen LogP contribution in [0.5, 0.6) is 0 Å². The number of aromatic nitrogens is 2.